The molecule has 2 unspecified atom stereocenters. The molecule has 0 aliphatic carbocycles. The van der Waals surface area contributed by atoms with E-state index in [2.05, 4.69) is 5.32 Å². The third-order valence-corrected chi connectivity index (χ3v) is 3.20. The van der Waals surface area contributed by atoms with E-state index in [1.165, 1.54) is 0 Å². The Labute approximate surface area is 92.5 Å². The van der Waals surface area contributed by atoms with Gasteiger partial charge in [0.2, 0.25) is 0 Å². The lowest BCUT2D eigenvalue weighted by Crippen LogP contribution is -2.20. The first-order valence-corrected chi connectivity index (χ1v) is 5.19. The monoisotopic (exact) mass is 233 g/mol. The molecule has 3 nitrogen and oxygen atoms in total. The van der Waals surface area contributed by atoms with E-state index in [1.807, 2.05) is 16.8 Å². The molecule has 1 aliphatic heterocycles. The smallest absolute Gasteiger partial charge is 0.308 e. The lowest BCUT2D eigenvalue weighted by atomic mass is 9.91. The van der Waals surface area contributed by atoms with E-state index < -0.39 is 5.97 Å². The second-order valence-corrected chi connectivity index (χ2v) is 4.05. The molecule has 1 aliphatic rings. The van der Waals surface area contributed by atoms with Crippen LogP contribution in [-0.2, 0) is 4.79 Å². The standard InChI is InChI=1S/C9H11NO2S.ClH/c11-9(12)8-4-10-3-7(8)6-1-2-13-5-6;/h1-2,5,7-8,10H,3-4H2,(H,11,12);1H. The fourth-order valence-corrected chi connectivity index (χ4v) is 2.50. The Morgan fingerprint density at radius 1 is 1.57 bits per heavy atom. The van der Waals surface area contributed by atoms with Gasteiger partial charge in [-0.05, 0) is 22.4 Å². The molecule has 1 aromatic heterocycles. The number of halogens is 1. The zero-order valence-corrected chi connectivity index (χ0v) is 9.11. The molecule has 2 rings (SSSR count). The molecule has 0 saturated carbocycles. The Bertz CT molecular complexity index is 302. The number of thiophene rings is 1. The molecule has 0 radical (unpaired) electrons. The van der Waals surface area contributed by atoms with Gasteiger partial charge in [0.15, 0.2) is 0 Å². The van der Waals surface area contributed by atoms with E-state index in [9.17, 15) is 4.79 Å². The van der Waals surface area contributed by atoms with E-state index in [4.69, 9.17) is 5.11 Å². The molecule has 0 bridgehead atoms. The van der Waals surface area contributed by atoms with Crippen molar-refractivity contribution in [2.24, 2.45) is 5.92 Å². The molecular weight excluding hydrogens is 222 g/mol. The summed E-state index contributed by atoms with van der Waals surface area (Å²) >= 11 is 1.62. The molecule has 2 heterocycles. The lowest BCUT2D eigenvalue weighted by molar-refractivity contribution is -0.141. The molecule has 0 amide bonds. The van der Waals surface area contributed by atoms with Gasteiger partial charge >= 0.3 is 5.97 Å². The minimum absolute atomic E-state index is 0. The van der Waals surface area contributed by atoms with Gasteiger partial charge in [-0.15, -0.1) is 12.4 Å². The Kier molecular flexibility index (Phi) is 3.92. The highest BCUT2D eigenvalue weighted by molar-refractivity contribution is 7.08. The Balaban J connectivity index is 0.000000980. The van der Waals surface area contributed by atoms with Gasteiger partial charge in [-0.3, -0.25) is 4.79 Å². The van der Waals surface area contributed by atoms with Gasteiger partial charge in [0, 0.05) is 19.0 Å². The number of nitrogens with one attached hydrogen (secondary N) is 1. The van der Waals surface area contributed by atoms with Crippen molar-refractivity contribution in [2.45, 2.75) is 5.92 Å². The van der Waals surface area contributed by atoms with Gasteiger partial charge in [0.05, 0.1) is 5.92 Å². The van der Waals surface area contributed by atoms with Crippen molar-refractivity contribution in [3.8, 4) is 0 Å². The summed E-state index contributed by atoms with van der Waals surface area (Å²) in [4.78, 5) is 10.9. The van der Waals surface area contributed by atoms with E-state index in [-0.39, 0.29) is 24.2 Å². The Morgan fingerprint density at radius 2 is 2.36 bits per heavy atom. The molecule has 5 heteroatoms. The summed E-state index contributed by atoms with van der Waals surface area (Å²) in [7, 11) is 0. The van der Waals surface area contributed by atoms with Gasteiger partial charge in [-0.1, -0.05) is 0 Å². The topological polar surface area (TPSA) is 49.3 Å². The second kappa shape index (κ2) is 4.77. The maximum Gasteiger partial charge on any atom is 0.308 e. The third-order valence-electron chi connectivity index (χ3n) is 2.50. The van der Waals surface area contributed by atoms with Crippen molar-refractivity contribution in [3.63, 3.8) is 0 Å². The lowest BCUT2D eigenvalue weighted by Gasteiger charge is -2.12. The van der Waals surface area contributed by atoms with E-state index in [1.54, 1.807) is 11.3 Å². The van der Waals surface area contributed by atoms with Crippen LogP contribution in [0, 0.1) is 5.92 Å². The molecule has 0 aromatic carbocycles. The maximum atomic E-state index is 10.9. The predicted octanol–water partition coefficient (Wildman–Crippen LogP) is 1.56. The first kappa shape index (κ1) is 11.5. The van der Waals surface area contributed by atoms with Gasteiger partial charge in [0.25, 0.3) is 0 Å². The van der Waals surface area contributed by atoms with Crippen LogP contribution in [0.3, 0.4) is 0 Å². The number of carboxylic acid groups (broad SMARTS) is 1. The zero-order valence-electron chi connectivity index (χ0n) is 7.47. The zero-order chi connectivity index (χ0) is 9.26. The fraction of sp³-hybridized carbons (Fsp3) is 0.444. The average Bonchev–Trinajstić information content (AvgIpc) is 2.74. The number of carbonyl (C=O) groups is 1. The molecule has 1 saturated heterocycles. The van der Waals surface area contributed by atoms with Crippen molar-refractivity contribution in [2.75, 3.05) is 13.1 Å². The minimum atomic E-state index is -0.693. The number of aliphatic carboxylic acids is 1. The van der Waals surface area contributed by atoms with Crippen molar-refractivity contribution in [1.82, 2.24) is 5.32 Å². The summed E-state index contributed by atoms with van der Waals surface area (Å²) in [5, 5.41) is 16.1. The number of hydrogen-bond acceptors (Lipinski definition) is 3. The van der Waals surface area contributed by atoms with Crippen LogP contribution in [-0.4, -0.2) is 24.2 Å². The average molecular weight is 234 g/mol. The molecule has 1 fully saturated rings. The first-order chi connectivity index (χ1) is 6.29. The van der Waals surface area contributed by atoms with Crippen LogP contribution in [0.1, 0.15) is 11.5 Å². The third kappa shape index (κ3) is 2.08. The van der Waals surface area contributed by atoms with Crippen LogP contribution >= 0.6 is 23.7 Å². The normalized spacial score (nSPS) is 25.7. The van der Waals surface area contributed by atoms with Crippen LogP contribution in [0.5, 0.6) is 0 Å². The summed E-state index contributed by atoms with van der Waals surface area (Å²) in [6.45, 7) is 1.38. The van der Waals surface area contributed by atoms with Crippen LogP contribution in [0.2, 0.25) is 0 Å². The second-order valence-electron chi connectivity index (χ2n) is 3.27. The quantitative estimate of drug-likeness (QED) is 0.815. The Hall–Kier alpha value is -0.580. The largest absolute Gasteiger partial charge is 0.481 e. The van der Waals surface area contributed by atoms with Gasteiger partial charge in [-0.2, -0.15) is 11.3 Å². The molecule has 2 atom stereocenters. The number of carboxylic acids is 1. The highest BCUT2D eigenvalue weighted by Gasteiger charge is 2.33. The molecule has 14 heavy (non-hydrogen) atoms. The fourth-order valence-electron chi connectivity index (χ4n) is 1.77. The molecule has 2 N–H and O–H groups in total. The van der Waals surface area contributed by atoms with Crippen LogP contribution in [0.25, 0.3) is 0 Å². The predicted molar refractivity (Wildman–Crippen MR) is 58.3 cm³/mol. The van der Waals surface area contributed by atoms with E-state index in [0.29, 0.717) is 6.54 Å². The number of rotatable bonds is 2. The minimum Gasteiger partial charge on any atom is -0.481 e. The molecular formula is C9H12ClNO2S. The maximum absolute atomic E-state index is 10.9. The number of hydrogen-bond donors (Lipinski definition) is 2. The van der Waals surface area contributed by atoms with Gasteiger partial charge < -0.3 is 10.4 Å². The van der Waals surface area contributed by atoms with Crippen molar-refractivity contribution in [3.05, 3.63) is 22.4 Å². The Morgan fingerprint density at radius 3 is 2.93 bits per heavy atom. The first-order valence-electron chi connectivity index (χ1n) is 4.24. The molecule has 1 aromatic rings. The van der Waals surface area contributed by atoms with Crippen LogP contribution in [0.4, 0.5) is 0 Å². The summed E-state index contributed by atoms with van der Waals surface area (Å²) in [5.74, 6) is -0.792. The van der Waals surface area contributed by atoms with Crippen LogP contribution < -0.4 is 5.32 Å². The molecule has 0 spiro atoms. The summed E-state index contributed by atoms with van der Waals surface area (Å²) in [6.07, 6.45) is 0. The highest BCUT2D eigenvalue weighted by atomic mass is 35.5. The highest BCUT2D eigenvalue weighted by Crippen LogP contribution is 2.29. The van der Waals surface area contributed by atoms with Crippen molar-refractivity contribution in [1.29, 1.82) is 0 Å². The van der Waals surface area contributed by atoms with Gasteiger partial charge in [-0.25, -0.2) is 0 Å². The van der Waals surface area contributed by atoms with Crippen LogP contribution in [0.15, 0.2) is 16.8 Å². The van der Waals surface area contributed by atoms with Crippen molar-refractivity contribution < 1.29 is 9.90 Å². The molecule has 78 valence electrons. The summed E-state index contributed by atoms with van der Waals surface area (Å²) in [5.41, 5.74) is 1.16. The summed E-state index contributed by atoms with van der Waals surface area (Å²) < 4.78 is 0. The SMILES string of the molecule is Cl.O=C(O)C1CNCC1c1ccsc1. The van der Waals surface area contributed by atoms with E-state index in [0.717, 1.165) is 12.1 Å². The van der Waals surface area contributed by atoms with Crippen molar-refractivity contribution >= 4 is 29.7 Å². The van der Waals surface area contributed by atoms with Gasteiger partial charge in [0.1, 0.15) is 0 Å². The summed E-state index contributed by atoms with van der Waals surface area (Å²) in [6, 6.07) is 2.01. The van der Waals surface area contributed by atoms with E-state index >= 15 is 0 Å².